The molecule has 0 aliphatic carbocycles. The summed E-state index contributed by atoms with van der Waals surface area (Å²) in [5.41, 5.74) is 4.13. The zero-order valence-corrected chi connectivity index (χ0v) is 20.2. The lowest BCUT2D eigenvalue weighted by atomic mass is 10.1. The van der Waals surface area contributed by atoms with Gasteiger partial charge in [0, 0.05) is 21.2 Å². The van der Waals surface area contributed by atoms with Crippen molar-refractivity contribution in [3.63, 3.8) is 0 Å². The number of nitrogens with one attached hydrogen (secondary N) is 2. The van der Waals surface area contributed by atoms with Crippen molar-refractivity contribution in [3.8, 4) is 5.75 Å². The maximum absolute atomic E-state index is 12.8. The van der Waals surface area contributed by atoms with E-state index in [4.69, 9.17) is 16.3 Å². The third kappa shape index (κ3) is 5.74. The van der Waals surface area contributed by atoms with Gasteiger partial charge >= 0.3 is 5.97 Å². The SMILES string of the molecule is Cc1ccccc1C(=O)NCC(=O)N/N=C\c1ccccc1OC(=O)c1sc2ccccc2c1Cl. The Morgan fingerprint density at radius 2 is 1.71 bits per heavy atom. The number of halogens is 1. The van der Waals surface area contributed by atoms with Gasteiger partial charge in [-0.2, -0.15) is 5.10 Å². The maximum Gasteiger partial charge on any atom is 0.355 e. The van der Waals surface area contributed by atoms with Gasteiger partial charge in [0.2, 0.25) is 0 Å². The molecule has 9 heteroatoms. The second-order valence-electron chi connectivity index (χ2n) is 7.46. The molecule has 0 radical (unpaired) electrons. The fourth-order valence-electron chi connectivity index (χ4n) is 3.27. The van der Waals surface area contributed by atoms with Crippen molar-refractivity contribution in [3.05, 3.63) is 99.4 Å². The van der Waals surface area contributed by atoms with Crippen molar-refractivity contribution in [2.24, 2.45) is 5.10 Å². The molecule has 0 bridgehead atoms. The number of ether oxygens (including phenoxy) is 1. The summed E-state index contributed by atoms with van der Waals surface area (Å²) in [5, 5.41) is 7.61. The van der Waals surface area contributed by atoms with Gasteiger partial charge in [-0.1, -0.05) is 60.1 Å². The average molecular weight is 506 g/mol. The largest absolute Gasteiger partial charge is 0.422 e. The van der Waals surface area contributed by atoms with E-state index < -0.39 is 11.9 Å². The first-order valence-electron chi connectivity index (χ1n) is 10.6. The summed E-state index contributed by atoms with van der Waals surface area (Å²) in [7, 11) is 0. The summed E-state index contributed by atoms with van der Waals surface area (Å²) in [6.45, 7) is 1.57. The number of aryl methyl sites for hydroxylation is 1. The molecule has 0 unspecified atom stereocenters. The van der Waals surface area contributed by atoms with Crippen molar-refractivity contribution in [2.75, 3.05) is 6.54 Å². The number of para-hydroxylation sites is 1. The van der Waals surface area contributed by atoms with E-state index >= 15 is 0 Å². The van der Waals surface area contributed by atoms with Gasteiger partial charge in [-0.25, -0.2) is 10.2 Å². The summed E-state index contributed by atoms with van der Waals surface area (Å²) in [4.78, 5) is 37.4. The molecule has 0 saturated heterocycles. The number of esters is 1. The maximum atomic E-state index is 12.8. The average Bonchev–Trinajstić information content (AvgIpc) is 3.20. The molecular weight excluding hydrogens is 486 g/mol. The van der Waals surface area contributed by atoms with Crippen LogP contribution in [0.25, 0.3) is 10.1 Å². The number of amides is 2. The summed E-state index contributed by atoms with van der Waals surface area (Å²) < 4.78 is 6.45. The smallest absolute Gasteiger partial charge is 0.355 e. The van der Waals surface area contributed by atoms with Crippen LogP contribution in [0, 0.1) is 6.92 Å². The first kappa shape index (κ1) is 24.1. The Balaban J connectivity index is 1.37. The Hall–Kier alpha value is -4.01. The molecule has 35 heavy (non-hydrogen) atoms. The zero-order valence-electron chi connectivity index (χ0n) is 18.6. The lowest BCUT2D eigenvalue weighted by Crippen LogP contribution is -2.35. The van der Waals surface area contributed by atoms with Crippen molar-refractivity contribution in [1.82, 2.24) is 10.7 Å². The predicted molar refractivity (Wildman–Crippen MR) is 137 cm³/mol. The normalized spacial score (nSPS) is 10.9. The third-order valence-corrected chi connectivity index (χ3v) is 6.69. The van der Waals surface area contributed by atoms with E-state index in [1.54, 1.807) is 36.4 Å². The number of benzene rings is 3. The minimum absolute atomic E-state index is 0.244. The molecule has 2 N–H and O–H groups in total. The number of hydrazone groups is 1. The molecule has 0 spiro atoms. The highest BCUT2D eigenvalue weighted by Crippen LogP contribution is 2.36. The second kappa shape index (κ2) is 10.9. The molecule has 1 heterocycles. The number of rotatable bonds is 7. The van der Waals surface area contributed by atoms with Crippen molar-refractivity contribution >= 4 is 57.0 Å². The van der Waals surface area contributed by atoms with Crippen LogP contribution >= 0.6 is 22.9 Å². The molecule has 0 aliphatic heterocycles. The Labute approximate surface area is 210 Å². The van der Waals surface area contributed by atoms with Crippen LogP contribution in [0.4, 0.5) is 0 Å². The fourth-order valence-corrected chi connectivity index (χ4v) is 4.65. The first-order chi connectivity index (χ1) is 16.9. The van der Waals surface area contributed by atoms with E-state index in [2.05, 4.69) is 15.8 Å². The summed E-state index contributed by atoms with van der Waals surface area (Å²) in [6.07, 6.45) is 1.36. The molecule has 176 valence electrons. The molecule has 0 fully saturated rings. The second-order valence-corrected chi connectivity index (χ2v) is 8.89. The predicted octanol–water partition coefficient (Wildman–Crippen LogP) is 4.96. The van der Waals surface area contributed by atoms with Gasteiger partial charge in [0.05, 0.1) is 17.8 Å². The zero-order chi connectivity index (χ0) is 24.8. The number of carbonyl (C=O) groups excluding carboxylic acids is 3. The Bertz CT molecular complexity index is 1450. The molecule has 0 atom stereocenters. The van der Waals surface area contributed by atoms with Crippen molar-refractivity contribution in [2.45, 2.75) is 6.92 Å². The standard InChI is InChI=1S/C26H20ClN3O4S/c1-16-8-2-4-10-18(16)25(32)28-15-22(31)30-29-14-17-9-3-6-12-20(17)34-26(33)24-23(27)19-11-5-7-13-21(19)35-24/h2-14H,15H2,1H3,(H,28,32)(H,30,31)/b29-14-. The molecule has 4 aromatic rings. The van der Waals surface area contributed by atoms with Gasteiger partial charge in [0.1, 0.15) is 10.6 Å². The highest BCUT2D eigenvalue weighted by molar-refractivity contribution is 7.21. The van der Waals surface area contributed by atoms with E-state index in [9.17, 15) is 14.4 Å². The number of fused-ring (bicyclic) bond motifs is 1. The van der Waals surface area contributed by atoms with Crippen LogP contribution in [0.3, 0.4) is 0 Å². The molecule has 0 aliphatic rings. The van der Waals surface area contributed by atoms with Crippen LogP contribution in [0.15, 0.2) is 77.9 Å². The quantitative estimate of drug-likeness (QED) is 0.160. The number of hydrogen-bond donors (Lipinski definition) is 2. The first-order valence-corrected chi connectivity index (χ1v) is 11.8. The van der Waals surface area contributed by atoms with Gasteiger partial charge in [0.25, 0.3) is 11.8 Å². The molecule has 3 aromatic carbocycles. The Kier molecular flexibility index (Phi) is 7.54. The van der Waals surface area contributed by atoms with Crippen molar-refractivity contribution in [1.29, 1.82) is 0 Å². The third-order valence-electron chi connectivity index (χ3n) is 5.03. The van der Waals surface area contributed by atoms with Crippen LogP contribution in [-0.4, -0.2) is 30.5 Å². The summed E-state index contributed by atoms with van der Waals surface area (Å²) in [6, 6.07) is 21.3. The van der Waals surface area contributed by atoms with Gasteiger partial charge in [-0.05, 0) is 36.8 Å². The molecule has 4 rings (SSSR count). The van der Waals surface area contributed by atoms with Gasteiger partial charge in [0.15, 0.2) is 0 Å². The van der Waals surface area contributed by atoms with E-state index in [1.165, 1.54) is 17.6 Å². The molecule has 7 nitrogen and oxygen atoms in total. The van der Waals surface area contributed by atoms with E-state index in [-0.39, 0.29) is 18.2 Å². The van der Waals surface area contributed by atoms with Crippen LogP contribution in [0.5, 0.6) is 5.75 Å². The van der Waals surface area contributed by atoms with Gasteiger partial charge in [-0.3, -0.25) is 9.59 Å². The minimum Gasteiger partial charge on any atom is -0.422 e. The summed E-state index contributed by atoms with van der Waals surface area (Å²) in [5.74, 6) is -1.18. The molecule has 0 saturated carbocycles. The molecule has 2 amide bonds. The number of nitrogens with zero attached hydrogens (tertiary/aromatic N) is 1. The van der Waals surface area contributed by atoms with Gasteiger partial charge < -0.3 is 10.1 Å². The minimum atomic E-state index is -0.583. The van der Waals surface area contributed by atoms with Crippen LogP contribution < -0.4 is 15.5 Å². The van der Waals surface area contributed by atoms with Crippen LogP contribution in [0.1, 0.15) is 31.2 Å². The monoisotopic (exact) mass is 505 g/mol. The van der Waals surface area contributed by atoms with E-state index in [0.29, 0.717) is 21.0 Å². The number of hydrogen-bond acceptors (Lipinski definition) is 6. The Morgan fingerprint density at radius 3 is 2.51 bits per heavy atom. The lowest BCUT2D eigenvalue weighted by Gasteiger charge is -2.07. The lowest BCUT2D eigenvalue weighted by molar-refractivity contribution is -0.120. The topological polar surface area (TPSA) is 96.9 Å². The van der Waals surface area contributed by atoms with Crippen LogP contribution in [0.2, 0.25) is 5.02 Å². The van der Waals surface area contributed by atoms with E-state index in [1.807, 2.05) is 43.3 Å². The highest BCUT2D eigenvalue weighted by atomic mass is 35.5. The number of carbonyl (C=O) groups is 3. The highest BCUT2D eigenvalue weighted by Gasteiger charge is 2.19. The van der Waals surface area contributed by atoms with Crippen molar-refractivity contribution < 1.29 is 19.1 Å². The van der Waals surface area contributed by atoms with E-state index in [0.717, 1.165) is 15.6 Å². The number of thiophene rings is 1. The molecular formula is C26H20ClN3O4S. The summed E-state index contributed by atoms with van der Waals surface area (Å²) >= 11 is 7.64. The van der Waals surface area contributed by atoms with Gasteiger partial charge in [-0.15, -0.1) is 11.3 Å². The fraction of sp³-hybridized carbons (Fsp3) is 0.0769. The van der Waals surface area contributed by atoms with Crippen LogP contribution in [-0.2, 0) is 4.79 Å². The molecule has 1 aromatic heterocycles. The Morgan fingerprint density at radius 1 is 1.00 bits per heavy atom.